The lowest BCUT2D eigenvalue weighted by atomic mass is 9.85. The molecule has 0 aromatic carbocycles. The number of aromatic nitrogens is 2. The highest BCUT2D eigenvalue weighted by Crippen LogP contribution is 2.24. The molecule has 1 atom stereocenters. The normalized spacial score (nSPS) is 13.8. The molecule has 0 spiro atoms. The summed E-state index contributed by atoms with van der Waals surface area (Å²) >= 11 is 0. The van der Waals surface area contributed by atoms with E-state index in [9.17, 15) is 0 Å². The molecule has 4 nitrogen and oxygen atoms in total. The molecule has 1 rings (SSSR count). The van der Waals surface area contributed by atoms with Crippen LogP contribution in [0.2, 0.25) is 0 Å². The van der Waals surface area contributed by atoms with Crippen LogP contribution in [0.4, 0.5) is 5.95 Å². The van der Waals surface area contributed by atoms with Crippen LogP contribution in [-0.2, 0) is 6.54 Å². The van der Waals surface area contributed by atoms with Gasteiger partial charge in [0.2, 0.25) is 5.95 Å². The summed E-state index contributed by atoms with van der Waals surface area (Å²) in [6.07, 6.45) is 4.49. The Labute approximate surface area is 97.7 Å². The molecule has 1 aromatic rings. The van der Waals surface area contributed by atoms with Gasteiger partial charge in [0.1, 0.15) is 0 Å². The van der Waals surface area contributed by atoms with Gasteiger partial charge < -0.3 is 15.0 Å². The summed E-state index contributed by atoms with van der Waals surface area (Å²) in [6.45, 7) is 9.68. The minimum absolute atomic E-state index is 0.104. The van der Waals surface area contributed by atoms with Crippen LogP contribution < -0.4 is 5.32 Å². The summed E-state index contributed by atoms with van der Waals surface area (Å²) < 4.78 is 2.07. The molecule has 16 heavy (non-hydrogen) atoms. The number of aliphatic hydroxyl groups is 1. The summed E-state index contributed by atoms with van der Waals surface area (Å²) in [4.78, 5) is 4.29. The summed E-state index contributed by atoms with van der Waals surface area (Å²) in [7, 11) is 0. The van der Waals surface area contributed by atoms with Crippen molar-refractivity contribution in [2.75, 3.05) is 11.9 Å². The standard InChI is InChI=1S/C12H23N3O/c1-5-15-8-7-13-11(15)14-10(6-9-16)12(2,3)4/h7-8,10,16H,5-6,9H2,1-4H3,(H,13,14). The predicted octanol–water partition coefficient (Wildman–Crippen LogP) is 2.11. The second kappa shape index (κ2) is 5.34. The van der Waals surface area contributed by atoms with E-state index in [0.717, 1.165) is 18.9 Å². The van der Waals surface area contributed by atoms with Gasteiger partial charge in [0.25, 0.3) is 0 Å². The van der Waals surface area contributed by atoms with Crippen molar-refractivity contribution in [3.05, 3.63) is 12.4 Å². The van der Waals surface area contributed by atoms with Gasteiger partial charge in [0.05, 0.1) is 0 Å². The van der Waals surface area contributed by atoms with Crippen LogP contribution in [-0.4, -0.2) is 27.3 Å². The van der Waals surface area contributed by atoms with E-state index in [-0.39, 0.29) is 18.1 Å². The molecule has 0 radical (unpaired) electrons. The van der Waals surface area contributed by atoms with Crippen LogP contribution in [0.3, 0.4) is 0 Å². The maximum atomic E-state index is 9.09. The lowest BCUT2D eigenvalue weighted by Crippen LogP contribution is -2.35. The number of nitrogens with zero attached hydrogens (tertiary/aromatic N) is 2. The molecule has 1 heterocycles. The third kappa shape index (κ3) is 3.23. The minimum atomic E-state index is 0.104. The zero-order valence-corrected chi connectivity index (χ0v) is 10.7. The molecule has 92 valence electrons. The molecule has 0 saturated carbocycles. The van der Waals surface area contributed by atoms with Gasteiger partial charge in [-0.05, 0) is 18.8 Å². The topological polar surface area (TPSA) is 50.1 Å². The summed E-state index contributed by atoms with van der Waals surface area (Å²) in [6, 6.07) is 0.227. The number of aliphatic hydroxyl groups excluding tert-OH is 1. The van der Waals surface area contributed by atoms with E-state index in [0.29, 0.717) is 0 Å². The molecule has 0 fully saturated rings. The number of aryl methyl sites for hydroxylation is 1. The molecule has 2 N–H and O–H groups in total. The zero-order chi connectivity index (χ0) is 12.2. The maximum absolute atomic E-state index is 9.09. The summed E-state index contributed by atoms with van der Waals surface area (Å²) in [5.41, 5.74) is 0.104. The van der Waals surface area contributed by atoms with Crippen LogP contribution in [0.5, 0.6) is 0 Å². The van der Waals surface area contributed by atoms with Crippen molar-refractivity contribution in [2.24, 2.45) is 5.41 Å². The van der Waals surface area contributed by atoms with Crippen LogP contribution in [0.15, 0.2) is 12.4 Å². The third-order valence-corrected chi connectivity index (χ3v) is 2.82. The number of imidazole rings is 1. The van der Waals surface area contributed by atoms with E-state index >= 15 is 0 Å². The van der Waals surface area contributed by atoms with Gasteiger partial charge in [0, 0.05) is 31.6 Å². The second-order valence-corrected chi connectivity index (χ2v) is 5.11. The smallest absolute Gasteiger partial charge is 0.202 e. The van der Waals surface area contributed by atoms with Crippen molar-refractivity contribution in [1.29, 1.82) is 0 Å². The SMILES string of the molecule is CCn1ccnc1NC(CCO)C(C)(C)C. The van der Waals surface area contributed by atoms with Crippen LogP contribution in [0, 0.1) is 5.41 Å². The third-order valence-electron chi connectivity index (χ3n) is 2.82. The Morgan fingerprint density at radius 1 is 1.50 bits per heavy atom. The number of hydrogen-bond acceptors (Lipinski definition) is 3. The fraction of sp³-hybridized carbons (Fsp3) is 0.750. The average molecular weight is 225 g/mol. The molecule has 4 heteroatoms. The van der Waals surface area contributed by atoms with Gasteiger partial charge in [0.15, 0.2) is 0 Å². The van der Waals surface area contributed by atoms with Crippen molar-refractivity contribution in [1.82, 2.24) is 9.55 Å². The molecule has 0 aliphatic heterocycles. The lowest BCUT2D eigenvalue weighted by Gasteiger charge is -2.31. The largest absolute Gasteiger partial charge is 0.396 e. The summed E-state index contributed by atoms with van der Waals surface area (Å²) in [5, 5.41) is 12.5. The Kier molecular flexibility index (Phi) is 4.35. The fourth-order valence-corrected chi connectivity index (χ4v) is 1.71. The molecule has 0 aliphatic rings. The molecule has 1 aromatic heterocycles. The number of nitrogens with one attached hydrogen (secondary N) is 1. The van der Waals surface area contributed by atoms with Crippen molar-refractivity contribution >= 4 is 5.95 Å². The molecule has 0 saturated heterocycles. The first kappa shape index (κ1) is 13.0. The van der Waals surface area contributed by atoms with E-state index in [1.807, 2.05) is 6.20 Å². The monoisotopic (exact) mass is 225 g/mol. The lowest BCUT2D eigenvalue weighted by molar-refractivity contribution is 0.234. The summed E-state index contributed by atoms with van der Waals surface area (Å²) in [5.74, 6) is 0.885. The van der Waals surface area contributed by atoms with E-state index in [4.69, 9.17) is 5.11 Å². The Morgan fingerprint density at radius 3 is 2.69 bits per heavy atom. The average Bonchev–Trinajstić information content (AvgIpc) is 2.63. The van der Waals surface area contributed by atoms with Gasteiger partial charge >= 0.3 is 0 Å². The van der Waals surface area contributed by atoms with Crippen LogP contribution in [0.25, 0.3) is 0 Å². The second-order valence-electron chi connectivity index (χ2n) is 5.11. The Hall–Kier alpha value is -1.03. The molecular formula is C12H23N3O. The van der Waals surface area contributed by atoms with E-state index in [2.05, 4.69) is 42.6 Å². The fourth-order valence-electron chi connectivity index (χ4n) is 1.71. The first-order chi connectivity index (χ1) is 7.49. The number of rotatable bonds is 5. The molecule has 1 unspecified atom stereocenters. The van der Waals surface area contributed by atoms with Gasteiger partial charge in [-0.3, -0.25) is 0 Å². The molecular weight excluding hydrogens is 202 g/mol. The molecule has 0 amide bonds. The highest BCUT2D eigenvalue weighted by molar-refractivity contribution is 5.28. The van der Waals surface area contributed by atoms with E-state index in [1.54, 1.807) is 6.20 Å². The van der Waals surface area contributed by atoms with E-state index < -0.39 is 0 Å². The maximum Gasteiger partial charge on any atom is 0.202 e. The molecule has 0 bridgehead atoms. The van der Waals surface area contributed by atoms with Crippen molar-refractivity contribution < 1.29 is 5.11 Å². The van der Waals surface area contributed by atoms with Gasteiger partial charge in [-0.15, -0.1) is 0 Å². The minimum Gasteiger partial charge on any atom is -0.396 e. The Balaban J connectivity index is 2.75. The predicted molar refractivity (Wildman–Crippen MR) is 66.5 cm³/mol. The first-order valence-corrected chi connectivity index (χ1v) is 5.87. The molecule has 0 aliphatic carbocycles. The quantitative estimate of drug-likeness (QED) is 0.807. The van der Waals surface area contributed by atoms with E-state index in [1.165, 1.54) is 0 Å². The first-order valence-electron chi connectivity index (χ1n) is 5.87. The van der Waals surface area contributed by atoms with Crippen molar-refractivity contribution in [2.45, 2.75) is 46.7 Å². The number of hydrogen-bond donors (Lipinski definition) is 2. The van der Waals surface area contributed by atoms with Crippen LogP contribution in [0.1, 0.15) is 34.1 Å². The highest BCUT2D eigenvalue weighted by atomic mass is 16.3. The van der Waals surface area contributed by atoms with Crippen molar-refractivity contribution in [3.8, 4) is 0 Å². The van der Waals surface area contributed by atoms with Gasteiger partial charge in [-0.2, -0.15) is 0 Å². The van der Waals surface area contributed by atoms with Crippen LogP contribution >= 0.6 is 0 Å². The Morgan fingerprint density at radius 2 is 2.19 bits per heavy atom. The highest BCUT2D eigenvalue weighted by Gasteiger charge is 2.24. The number of anilines is 1. The van der Waals surface area contributed by atoms with Crippen molar-refractivity contribution in [3.63, 3.8) is 0 Å². The van der Waals surface area contributed by atoms with Gasteiger partial charge in [-0.1, -0.05) is 20.8 Å². The van der Waals surface area contributed by atoms with Gasteiger partial charge in [-0.25, -0.2) is 4.98 Å². The Bertz CT molecular complexity index is 314. The zero-order valence-electron chi connectivity index (χ0n) is 10.7.